The number of hydrogen-bond donors (Lipinski definition) is 3. The van der Waals surface area contributed by atoms with Crippen LogP contribution < -0.4 is 10.5 Å². The van der Waals surface area contributed by atoms with Gasteiger partial charge >= 0.3 is 0 Å². The minimum atomic E-state index is -3.51. The van der Waals surface area contributed by atoms with Gasteiger partial charge in [-0.15, -0.1) is 0 Å². The van der Waals surface area contributed by atoms with Crippen LogP contribution in [0.5, 0.6) is 0 Å². The number of primary sulfonamides is 1. The molecule has 4 N–H and O–H groups in total. The number of aliphatic hydroxyl groups excluding tert-OH is 1. The standard InChI is InChI=1S/C13H16N2O4S/c14-20(18,19)10-4-8-15-13(17)12-7-2-1-5-11(12)6-3-9-16/h1-2,5,7,16H,4,8-10H2,(H,15,17)(H2,14,18,19). The van der Waals surface area contributed by atoms with E-state index in [9.17, 15) is 13.2 Å². The van der Waals surface area contributed by atoms with Gasteiger partial charge in [-0.2, -0.15) is 0 Å². The van der Waals surface area contributed by atoms with Crippen molar-refractivity contribution in [2.75, 3.05) is 18.9 Å². The minimum absolute atomic E-state index is 0.181. The molecule has 0 aliphatic rings. The number of rotatable bonds is 5. The van der Waals surface area contributed by atoms with Gasteiger partial charge in [0.2, 0.25) is 10.0 Å². The second-order valence-corrected chi connectivity index (χ2v) is 5.72. The maximum Gasteiger partial charge on any atom is 0.252 e. The van der Waals surface area contributed by atoms with Crippen molar-refractivity contribution >= 4 is 15.9 Å². The topological polar surface area (TPSA) is 109 Å². The molecule has 0 atom stereocenters. The molecule has 0 heterocycles. The van der Waals surface area contributed by atoms with E-state index in [1.165, 1.54) is 0 Å². The first-order valence-corrected chi connectivity index (χ1v) is 7.63. The molecule has 0 fully saturated rings. The predicted molar refractivity (Wildman–Crippen MR) is 75.3 cm³/mol. The van der Waals surface area contributed by atoms with Crippen molar-refractivity contribution in [3.05, 3.63) is 35.4 Å². The van der Waals surface area contributed by atoms with Gasteiger partial charge in [-0.05, 0) is 18.6 Å². The molecule has 1 amide bonds. The van der Waals surface area contributed by atoms with Crippen LogP contribution in [-0.2, 0) is 10.0 Å². The maximum absolute atomic E-state index is 11.9. The van der Waals surface area contributed by atoms with Crippen LogP contribution in [0.15, 0.2) is 24.3 Å². The van der Waals surface area contributed by atoms with Crippen LogP contribution in [0.25, 0.3) is 0 Å². The highest BCUT2D eigenvalue weighted by molar-refractivity contribution is 7.89. The Labute approximate surface area is 118 Å². The summed E-state index contributed by atoms with van der Waals surface area (Å²) in [6.07, 6.45) is 0.245. The van der Waals surface area contributed by atoms with E-state index in [0.717, 1.165) is 0 Å². The van der Waals surface area contributed by atoms with Crippen molar-refractivity contribution in [1.82, 2.24) is 5.32 Å². The minimum Gasteiger partial charge on any atom is -0.384 e. The van der Waals surface area contributed by atoms with Crippen LogP contribution in [0.2, 0.25) is 0 Å². The van der Waals surface area contributed by atoms with Crippen molar-refractivity contribution in [3.8, 4) is 11.8 Å². The number of amides is 1. The summed E-state index contributed by atoms with van der Waals surface area (Å²) < 4.78 is 21.5. The number of nitrogens with two attached hydrogens (primary N) is 1. The van der Waals surface area contributed by atoms with Crippen LogP contribution in [0, 0.1) is 11.8 Å². The fourth-order valence-electron chi connectivity index (χ4n) is 1.50. The Kier molecular flexibility index (Phi) is 6.18. The van der Waals surface area contributed by atoms with E-state index in [4.69, 9.17) is 10.2 Å². The molecule has 0 saturated carbocycles. The molecule has 108 valence electrons. The number of nitrogens with one attached hydrogen (secondary N) is 1. The SMILES string of the molecule is NS(=O)(=O)CCCNC(=O)c1ccccc1C#CCO. The van der Waals surface area contributed by atoms with Gasteiger partial charge in [-0.1, -0.05) is 24.0 Å². The largest absolute Gasteiger partial charge is 0.384 e. The number of aliphatic hydroxyl groups is 1. The monoisotopic (exact) mass is 296 g/mol. The van der Waals surface area contributed by atoms with E-state index >= 15 is 0 Å². The Morgan fingerprint density at radius 2 is 2.05 bits per heavy atom. The van der Waals surface area contributed by atoms with Crippen LogP contribution in [0.1, 0.15) is 22.3 Å². The van der Waals surface area contributed by atoms with E-state index in [0.29, 0.717) is 11.1 Å². The highest BCUT2D eigenvalue weighted by Crippen LogP contribution is 2.07. The van der Waals surface area contributed by atoms with Gasteiger partial charge < -0.3 is 10.4 Å². The van der Waals surface area contributed by atoms with E-state index in [1.807, 2.05) is 0 Å². The average Bonchev–Trinajstić information content (AvgIpc) is 2.40. The summed E-state index contributed by atoms with van der Waals surface area (Å²) in [5, 5.41) is 16.1. The molecule has 0 aliphatic carbocycles. The molecule has 0 radical (unpaired) electrons. The molecule has 0 unspecified atom stereocenters. The molecule has 7 heteroatoms. The lowest BCUT2D eigenvalue weighted by Crippen LogP contribution is -2.27. The van der Waals surface area contributed by atoms with Gasteiger partial charge in [0.25, 0.3) is 5.91 Å². The summed E-state index contributed by atoms with van der Waals surface area (Å²) in [5.74, 6) is 4.63. The van der Waals surface area contributed by atoms with Crippen LogP contribution in [0.4, 0.5) is 0 Å². The van der Waals surface area contributed by atoms with Crippen LogP contribution >= 0.6 is 0 Å². The number of benzene rings is 1. The molecular formula is C13H16N2O4S. The number of carbonyl (C=O) groups excluding carboxylic acids is 1. The lowest BCUT2D eigenvalue weighted by Gasteiger charge is -2.06. The second kappa shape index (κ2) is 7.65. The predicted octanol–water partition coefficient (Wildman–Crippen LogP) is -0.561. The van der Waals surface area contributed by atoms with Crippen molar-refractivity contribution in [3.63, 3.8) is 0 Å². The van der Waals surface area contributed by atoms with Gasteiger partial charge in [-0.25, -0.2) is 13.6 Å². The molecule has 1 rings (SSSR count). The van der Waals surface area contributed by atoms with Crippen molar-refractivity contribution in [2.24, 2.45) is 5.14 Å². The normalized spacial score (nSPS) is 10.5. The van der Waals surface area contributed by atoms with Gasteiger partial charge in [0.15, 0.2) is 0 Å². The molecule has 1 aromatic carbocycles. The third-order valence-electron chi connectivity index (χ3n) is 2.36. The zero-order valence-electron chi connectivity index (χ0n) is 10.8. The van der Waals surface area contributed by atoms with Crippen molar-refractivity contribution < 1.29 is 18.3 Å². The van der Waals surface area contributed by atoms with Gasteiger partial charge in [0.1, 0.15) is 6.61 Å². The lowest BCUT2D eigenvalue weighted by molar-refractivity contribution is 0.0953. The zero-order chi connectivity index (χ0) is 15.0. The fourth-order valence-corrected chi connectivity index (χ4v) is 2.04. The van der Waals surface area contributed by atoms with Crippen LogP contribution in [-0.4, -0.2) is 38.3 Å². The summed E-state index contributed by atoms with van der Waals surface area (Å²) in [4.78, 5) is 11.9. The summed E-state index contributed by atoms with van der Waals surface area (Å²) in [5.41, 5.74) is 0.884. The molecule has 1 aromatic rings. The first-order chi connectivity index (χ1) is 9.44. The summed E-state index contributed by atoms with van der Waals surface area (Å²) in [6, 6.07) is 6.71. The molecule has 0 aromatic heterocycles. The average molecular weight is 296 g/mol. The first kappa shape index (κ1) is 16.2. The Bertz CT molecular complexity index is 629. The highest BCUT2D eigenvalue weighted by Gasteiger charge is 2.09. The molecule has 6 nitrogen and oxygen atoms in total. The van der Waals surface area contributed by atoms with Crippen molar-refractivity contribution in [2.45, 2.75) is 6.42 Å². The van der Waals surface area contributed by atoms with E-state index < -0.39 is 10.0 Å². The zero-order valence-corrected chi connectivity index (χ0v) is 11.6. The van der Waals surface area contributed by atoms with Crippen LogP contribution in [0.3, 0.4) is 0 Å². The summed E-state index contributed by atoms with van der Waals surface area (Å²) >= 11 is 0. The van der Waals surface area contributed by atoms with Crippen molar-refractivity contribution in [1.29, 1.82) is 0 Å². The maximum atomic E-state index is 11.9. The summed E-state index contributed by atoms with van der Waals surface area (Å²) in [6.45, 7) is -0.0820. The Morgan fingerprint density at radius 3 is 2.70 bits per heavy atom. The Hall–Kier alpha value is -1.88. The number of hydrogen-bond acceptors (Lipinski definition) is 4. The smallest absolute Gasteiger partial charge is 0.252 e. The van der Waals surface area contributed by atoms with E-state index in [1.54, 1.807) is 24.3 Å². The first-order valence-electron chi connectivity index (χ1n) is 5.91. The molecule has 0 saturated heterocycles. The Morgan fingerprint density at radius 1 is 1.35 bits per heavy atom. The quantitative estimate of drug-likeness (QED) is 0.499. The molecule has 0 spiro atoms. The van der Waals surface area contributed by atoms with Gasteiger partial charge in [0, 0.05) is 12.1 Å². The van der Waals surface area contributed by atoms with Gasteiger partial charge in [0.05, 0.1) is 11.3 Å². The molecular weight excluding hydrogens is 280 g/mol. The highest BCUT2D eigenvalue weighted by atomic mass is 32.2. The third kappa shape index (κ3) is 5.84. The molecule has 0 aliphatic heterocycles. The van der Waals surface area contributed by atoms with Gasteiger partial charge in [-0.3, -0.25) is 4.79 Å². The lowest BCUT2D eigenvalue weighted by atomic mass is 10.1. The Balaban J connectivity index is 2.64. The van der Waals surface area contributed by atoms with E-state index in [-0.39, 0.29) is 31.2 Å². The van der Waals surface area contributed by atoms with E-state index in [2.05, 4.69) is 17.2 Å². The second-order valence-electron chi connectivity index (χ2n) is 3.98. The summed E-state index contributed by atoms with van der Waals surface area (Å²) in [7, 11) is -3.51. The fraction of sp³-hybridized carbons (Fsp3) is 0.308. The number of sulfonamides is 1. The third-order valence-corrected chi connectivity index (χ3v) is 3.22. The molecule has 20 heavy (non-hydrogen) atoms. The number of carbonyl (C=O) groups is 1. The molecule has 0 bridgehead atoms.